The van der Waals surface area contributed by atoms with Gasteiger partial charge in [0.25, 0.3) is 5.91 Å². The third-order valence-electron chi connectivity index (χ3n) is 5.81. The molecule has 1 aliphatic heterocycles. The first-order valence-electron chi connectivity index (χ1n) is 11.7. The molecule has 6 heteroatoms. The van der Waals surface area contributed by atoms with Crippen LogP contribution >= 0.6 is 0 Å². The summed E-state index contributed by atoms with van der Waals surface area (Å²) in [5.74, 6) is -0.884. The van der Waals surface area contributed by atoms with E-state index < -0.39 is 23.5 Å². The maximum absolute atomic E-state index is 13.3. The summed E-state index contributed by atoms with van der Waals surface area (Å²) >= 11 is 0. The van der Waals surface area contributed by atoms with Crippen LogP contribution in [0.15, 0.2) is 96.5 Å². The minimum Gasteiger partial charge on any atom is -0.503 e. The van der Waals surface area contributed by atoms with Crippen LogP contribution in [0.4, 0.5) is 0 Å². The highest BCUT2D eigenvalue weighted by atomic mass is 16.5. The number of ketones is 1. The molecule has 1 aliphatic rings. The summed E-state index contributed by atoms with van der Waals surface area (Å²) in [5.41, 5.74) is 2.39. The van der Waals surface area contributed by atoms with Crippen LogP contribution in [0.2, 0.25) is 0 Å². The number of aromatic nitrogens is 1. The number of hydrogen-bond acceptors (Lipinski definition) is 5. The molecule has 0 bridgehead atoms. The van der Waals surface area contributed by atoms with Gasteiger partial charge in [0.15, 0.2) is 11.5 Å². The van der Waals surface area contributed by atoms with E-state index in [1.165, 1.54) is 11.0 Å². The van der Waals surface area contributed by atoms with Crippen molar-refractivity contribution < 1.29 is 19.4 Å². The van der Waals surface area contributed by atoms with E-state index in [0.717, 1.165) is 24.0 Å². The van der Waals surface area contributed by atoms with Crippen molar-refractivity contribution in [2.24, 2.45) is 0 Å². The molecule has 0 radical (unpaired) electrons. The first kappa shape index (κ1) is 24.0. The number of unbranched alkanes of at least 4 members (excludes halogenated alkanes) is 1. The molecule has 3 aromatic rings. The van der Waals surface area contributed by atoms with Gasteiger partial charge in [-0.3, -0.25) is 14.6 Å². The summed E-state index contributed by atoms with van der Waals surface area (Å²) in [7, 11) is 0. The molecule has 6 nitrogen and oxygen atoms in total. The summed E-state index contributed by atoms with van der Waals surface area (Å²) in [4.78, 5) is 32.1. The van der Waals surface area contributed by atoms with Crippen molar-refractivity contribution in [1.29, 1.82) is 0 Å². The Morgan fingerprint density at radius 3 is 2.69 bits per heavy atom. The van der Waals surface area contributed by atoms with Crippen LogP contribution in [0.1, 0.15) is 42.5 Å². The molecule has 0 spiro atoms. The van der Waals surface area contributed by atoms with E-state index in [1.807, 2.05) is 60.7 Å². The summed E-state index contributed by atoms with van der Waals surface area (Å²) in [6.07, 6.45) is 8.34. The average Bonchev–Trinajstić information content (AvgIpc) is 3.14. The van der Waals surface area contributed by atoms with Crippen LogP contribution in [0, 0.1) is 0 Å². The Morgan fingerprint density at radius 2 is 1.94 bits per heavy atom. The monoisotopic (exact) mass is 468 g/mol. The molecule has 1 aromatic heterocycles. The number of carbonyl (C=O) groups is 2. The zero-order valence-electron chi connectivity index (χ0n) is 19.6. The van der Waals surface area contributed by atoms with Gasteiger partial charge in [0.1, 0.15) is 5.75 Å². The molecule has 4 rings (SSSR count). The molecular weight excluding hydrogens is 440 g/mol. The maximum Gasteiger partial charge on any atom is 0.290 e. The standard InChI is InChI=1S/C29H28N2O4/c1-2-3-17-35-24-13-7-12-23(18-24)27-26(25(32)15-14-21-9-5-4-6-10-21)28(33)29(34)31(27)20-22-11-8-16-30-19-22/h4-16,18-19,27,33H,2-3,17,20H2,1H3. The predicted molar refractivity (Wildman–Crippen MR) is 135 cm³/mol. The third-order valence-corrected chi connectivity index (χ3v) is 5.81. The minimum absolute atomic E-state index is 0.0526. The molecule has 0 saturated heterocycles. The Morgan fingerprint density at radius 1 is 1.11 bits per heavy atom. The molecule has 2 heterocycles. The van der Waals surface area contributed by atoms with Crippen LogP contribution in [0.3, 0.4) is 0 Å². The molecule has 2 aromatic carbocycles. The van der Waals surface area contributed by atoms with Gasteiger partial charge in [0.2, 0.25) is 0 Å². The molecule has 1 atom stereocenters. The average molecular weight is 469 g/mol. The summed E-state index contributed by atoms with van der Waals surface area (Å²) < 4.78 is 5.86. The van der Waals surface area contributed by atoms with Gasteiger partial charge in [0, 0.05) is 18.9 Å². The SMILES string of the molecule is CCCCOc1cccc(C2C(C(=O)C=Cc3ccccc3)=C(O)C(=O)N2Cc2cccnc2)c1. The van der Waals surface area contributed by atoms with E-state index in [1.54, 1.807) is 24.5 Å². The first-order valence-corrected chi connectivity index (χ1v) is 11.7. The van der Waals surface area contributed by atoms with Crippen molar-refractivity contribution in [2.45, 2.75) is 32.4 Å². The van der Waals surface area contributed by atoms with Crippen molar-refractivity contribution in [3.63, 3.8) is 0 Å². The second-order valence-electron chi connectivity index (χ2n) is 8.34. The molecule has 178 valence electrons. The second-order valence-corrected chi connectivity index (χ2v) is 8.34. The number of pyridine rings is 1. The number of carbonyl (C=O) groups excluding carboxylic acids is 2. The number of rotatable bonds is 10. The number of nitrogens with zero attached hydrogens (tertiary/aromatic N) is 2. The Labute approximate surface area is 205 Å². The fourth-order valence-electron chi connectivity index (χ4n) is 4.04. The molecule has 35 heavy (non-hydrogen) atoms. The summed E-state index contributed by atoms with van der Waals surface area (Å²) in [6.45, 7) is 2.87. The van der Waals surface area contributed by atoms with Gasteiger partial charge >= 0.3 is 0 Å². The molecule has 1 unspecified atom stereocenters. The lowest BCUT2D eigenvalue weighted by Crippen LogP contribution is -2.30. The predicted octanol–water partition coefficient (Wildman–Crippen LogP) is 5.44. The van der Waals surface area contributed by atoms with Gasteiger partial charge < -0.3 is 14.7 Å². The van der Waals surface area contributed by atoms with Crippen LogP contribution in [0.5, 0.6) is 5.75 Å². The zero-order chi connectivity index (χ0) is 24.6. The van der Waals surface area contributed by atoms with E-state index >= 15 is 0 Å². The van der Waals surface area contributed by atoms with Crippen LogP contribution in [-0.2, 0) is 16.1 Å². The Bertz CT molecular complexity index is 1240. The largest absolute Gasteiger partial charge is 0.503 e. The normalized spacial score (nSPS) is 15.7. The first-order chi connectivity index (χ1) is 17.1. The molecule has 0 aliphatic carbocycles. The van der Waals surface area contributed by atoms with Crippen molar-refractivity contribution in [2.75, 3.05) is 6.61 Å². The maximum atomic E-state index is 13.3. The molecule has 0 fully saturated rings. The molecule has 1 amide bonds. The van der Waals surface area contributed by atoms with E-state index in [-0.39, 0.29) is 12.1 Å². The van der Waals surface area contributed by atoms with Crippen molar-refractivity contribution >= 4 is 17.8 Å². The van der Waals surface area contributed by atoms with Crippen molar-refractivity contribution in [1.82, 2.24) is 9.88 Å². The number of benzene rings is 2. The lowest BCUT2D eigenvalue weighted by Gasteiger charge is -2.27. The molecule has 0 saturated carbocycles. The van der Waals surface area contributed by atoms with E-state index in [0.29, 0.717) is 17.9 Å². The minimum atomic E-state index is -0.759. The Hall–Kier alpha value is -4.19. The topological polar surface area (TPSA) is 79.7 Å². The van der Waals surface area contributed by atoms with Gasteiger partial charge in [0.05, 0.1) is 18.2 Å². The molecule has 1 N–H and O–H groups in total. The van der Waals surface area contributed by atoms with Gasteiger partial charge in [-0.25, -0.2) is 0 Å². The lowest BCUT2D eigenvalue weighted by molar-refractivity contribution is -0.130. The highest BCUT2D eigenvalue weighted by Gasteiger charge is 2.43. The van der Waals surface area contributed by atoms with Crippen molar-refractivity contribution in [3.8, 4) is 5.75 Å². The van der Waals surface area contributed by atoms with Gasteiger partial charge in [-0.2, -0.15) is 0 Å². The zero-order valence-corrected chi connectivity index (χ0v) is 19.6. The van der Waals surface area contributed by atoms with E-state index in [2.05, 4.69) is 11.9 Å². The smallest absolute Gasteiger partial charge is 0.290 e. The quantitative estimate of drug-likeness (QED) is 0.317. The van der Waals surface area contributed by atoms with E-state index in [9.17, 15) is 14.7 Å². The number of hydrogen-bond donors (Lipinski definition) is 1. The van der Waals surface area contributed by atoms with Crippen LogP contribution < -0.4 is 4.74 Å². The fraction of sp³-hybridized carbons (Fsp3) is 0.207. The second kappa shape index (κ2) is 11.3. The highest BCUT2D eigenvalue weighted by Crippen LogP contribution is 2.40. The van der Waals surface area contributed by atoms with Gasteiger partial charge in [-0.05, 0) is 47.4 Å². The number of allylic oxidation sites excluding steroid dienone is 1. The van der Waals surface area contributed by atoms with Gasteiger partial charge in [-0.15, -0.1) is 0 Å². The Balaban J connectivity index is 1.70. The number of ether oxygens (including phenoxy) is 1. The number of aliphatic hydroxyl groups excluding tert-OH is 1. The van der Waals surface area contributed by atoms with E-state index in [4.69, 9.17) is 4.74 Å². The number of amides is 1. The van der Waals surface area contributed by atoms with Gasteiger partial charge in [-0.1, -0.05) is 68.0 Å². The number of aliphatic hydroxyl groups is 1. The van der Waals surface area contributed by atoms with Crippen molar-refractivity contribution in [3.05, 3.63) is 113 Å². The lowest BCUT2D eigenvalue weighted by atomic mass is 9.95. The molecular formula is C29H28N2O4. The Kier molecular flexibility index (Phi) is 7.73. The van der Waals surface area contributed by atoms with Crippen LogP contribution in [-0.4, -0.2) is 33.3 Å². The van der Waals surface area contributed by atoms with Crippen LogP contribution in [0.25, 0.3) is 6.08 Å². The summed E-state index contributed by atoms with van der Waals surface area (Å²) in [6, 6.07) is 19.6. The highest BCUT2D eigenvalue weighted by molar-refractivity contribution is 6.14. The fourth-order valence-corrected chi connectivity index (χ4v) is 4.04. The third kappa shape index (κ3) is 5.66. The summed E-state index contributed by atoms with van der Waals surface area (Å²) in [5, 5.41) is 10.8.